The van der Waals surface area contributed by atoms with Crippen molar-refractivity contribution in [2.45, 2.75) is 210 Å². The van der Waals surface area contributed by atoms with E-state index in [1.54, 1.807) is 17.5 Å². The SMILES string of the molecule is CCCCCCCCOc1ccc(N(c2ccc(OCCCCCCCC)cc2)c2ccc(-c3sc(-c4sc(-c5cc(B(c6c(C)cc(C)cc6C)c6c(C)cc(C)cc6C)c(-c6ncc(C=C(C(=O)O)C(=O)O)s6)s5)cc4CCCCCC)cc3CCCCCC)cc2)cc1. The smallest absolute Gasteiger partial charge is 0.343 e. The predicted molar refractivity (Wildman–Crippen MR) is 415 cm³/mol. The zero-order valence-electron chi connectivity index (χ0n) is 58.7. The highest BCUT2D eigenvalue weighted by Crippen LogP contribution is 2.49. The molecule has 0 bridgehead atoms. The first kappa shape index (κ1) is 73.2. The van der Waals surface area contributed by atoms with Crippen molar-refractivity contribution in [3.05, 3.63) is 176 Å². The minimum absolute atomic E-state index is 0.163. The fourth-order valence-corrected chi connectivity index (χ4v) is 18.4. The van der Waals surface area contributed by atoms with Crippen LogP contribution in [0.25, 0.3) is 45.9 Å². The number of thiophene rings is 3. The summed E-state index contributed by atoms with van der Waals surface area (Å²) in [4.78, 5) is 39.5. The Morgan fingerprint density at radius 2 is 0.854 bits per heavy atom. The number of carboxylic acid groups (broad SMARTS) is 2. The molecule has 96 heavy (non-hydrogen) atoms. The molecule has 8 nitrogen and oxygen atoms in total. The molecule has 4 aromatic heterocycles. The third-order valence-corrected chi connectivity index (χ3v) is 23.4. The normalized spacial score (nSPS) is 11.4. The molecule has 0 amide bonds. The van der Waals surface area contributed by atoms with Crippen LogP contribution in [0.4, 0.5) is 17.1 Å². The van der Waals surface area contributed by atoms with Gasteiger partial charge in [-0.25, -0.2) is 14.6 Å². The second-order valence-electron chi connectivity index (χ2n) is 26.3. The van der Waals surface area contributed by atoms with Gasteiger partial charge < -0.3 is 24.6 Å². The largest absolute Gasteiger partial charge is 0.494 e. The van der Waals surface area contributed by atoms with Crippen LogP contribution in [0.2, 0.25) is 0 Å². The Labute approximate surface area is 590 Å². The van der Waals surface area contributed by atoms with Gasteiger partial charge in [0.2, 0.25) is 6.71 Å². The Bertz CT molecular complexity index is 3820. The summed E-state index contributed by atoms with van der Waals surface area (Å²) in [5, 5.41) is 20.6. The molecule has 0 saturated carbocycles. The van der Waals surface area contributed by atoms with Crippen molar-refractivity contribution in [1.82, 2.24) is 4.98 Å². The van der Waals surface area contributed by atoms with E-state index >= 15 is 0 Å². The van der Waals surface area contributed by atoms with Crippen LogP contribution in [0.15, 0.2) is 127 Å². The van der Waals surface area contributed by atoms with Gasteiger partial charge in [-0.15, -0.1) is 45.3 Å². The zero-order valence-corrected chi connectivity index (χ0v) is 62.0. The summed E-state index contributed by atoms with van der Waals surface area (Å²) in [5.41, 5.74) is 17.4. The maximum absolute atomic E-state index is 12.2. The van der Waals surface area contributed by atoms with E-state index in [2.05, 4.69) is 189 Å². The molecule has 5 aromatic carbocycles. The molecule has 13 heteroatoms. The molecule has 0 unspecified atom stereocenters. The number of aromatic nitrogens is 1. The van der Waals surface area contributed by atoms with Crippen LogP contribution in [0.5, 0.6) is 11.5 Å². The first-order valence-corrected chi connectivity index (χ1v) is 38.9. The molecular formula is C83H101BN2O6S4. The summed E-state index contributed by atoms with van der Waals surface area (Å²) in [6.45, 7) is 23.6. The molecule has 0 spiro atoms. The highest BCUT2D eigenvalue weighted by atomic mass is 32.1. The summed E-state index contributed by atoms with van der Waals surface area (Å²) in [7, 11) is 0. The number of nitrogens with zero attached hydrogens (tertiary/aromatic N) is 2. The lowest BCUT2D eigenvalue weighted by Gasteiger charge is -2.26. The standard InChI is InChI=1S/C83H101BN2O6S4/c1-11-15-19-23-25-29-45-91-68-41-37-66(38-42-68)86(67-39-43-69(44-40-67)92-46-30-26-24-20-16-12-2)65-35-33-62(34-36-65)78-63(31-27-21-17-13-3)52-75(96-78)79-64(32-28-22-18-14-4)51-73(94-79)74-54-72(80(95-74)81-85-55-70(93-81)53-71(82(87)88)83(89)90)84(76-58(7)47-56(5)48-59(76)8)77-60(9)49-57(6)50-61(77)10/h33-44,47-55H,11-32,45-46H2,1-10H3,(H,87,88)(H,89,90). The van der Waals surface area contributed by atoms with E-state index in [-0.39, 0.29) is 6.71 Å². The van der Waals surface area contributed by atoms with Gasteiger partial charge in [-0.1, -0.05) is 211 Å². The highest BCUT2D eigenvalue weighted by Gasteiger charge is 2.34. The molecule has 0 radical (unpaired) electrons. The first-order chi connectivity index (χ1) is 46.6. The number of aryl methyl sites for hydroxylation is 8. The number of ether oxygens (including phenoxy) is 2. The van der Waals surface area contributed by atoms with Crippen LogP contribution in [-0.4, -0.2) is 47.1 Å². The number of thiazole rings is 1. The Balaban J connectivity index is 1.13. The molecule has 9 rings (SSSR count). The minimum Gasteiger partial charge on any atom is -0.494 e. The lowest BCUT2D eigenvalue weighted by atomic mass is 9.34. The van der Waals surface area contributed by atoms with Crippen molar-refractivity contribution in [3.63, 3.8) is 0 Å². The molecule has 4 heterocycles. The monoisotopic (exact) mass is 1360 g/mol. The number of hydrogen-bond acceptors (Lipinski definition) is 10. The topological polar surface area (TPSA) is 109 Å². The van der Waals surface area contributed by atoms with Gasteiger partial charge in [0.05, 0.1) is 18.1 Å². The molecule has 0 saturated heterocycles. The second-order valence-corrected chi connectivity index (χ2v) is 30.6. The lowest BCUT2D eigenvalue weighted by Crippen LogP contribution is -2.56. The summed E-state index contributed by atoms with van der Waals surface area (Å²) >= 11 is 6.89. The van der Waals surface area contributed by atoms with Crippen molar-refractivity contribution in [3.8, 4) is 51.3 Å². The number of unbranched alkanes of at least 4 members (excludes halogenated alkanes) is 16. The van der Waals surface area contributed by atoms with Gasteiger partial charge in [-0.3, -0.25) is 0 Å². The van der Waals surface area contributed by atoms with E-state index in [1.807, 2.05) is 22.7 Å². The van der Waals surface area contributed by atoms with E-state index in [9.17, 15) is 19.8 Å². The second kappa shape index (κ2) is 36.5. The van der Waals surface area contributed by atoms with E-state index in [0.29, 0.717) is 4.88 Å². The molecule has 0 aliphatic rings. The molecule has 0 atom stereocenters. The van der Waals surface area contributed by atoms with Crippen molar-refractivity contribution in [2.75, 3.05) is 18.1 Å². The number of benzene rings is 5. The van der Waals surface area contributed by atoms with Gasteiger partial charge in [0.15, 0.2) is 0 Å². The Hall–Kier alpha value is -7.03. The number of carboxylic acids is 2. The minimum atomic E-state index is -1.49. The number of anilines is 3. The quantitative estimate of drug-likeness (QED) is 0.0129. The van der Waals surface area contributed by atoms with Crippen molar-refractivity contribution < 1.29 is 29.3 Å². The Kier molecular flexibility index (Phi) is 27.9. The Morgan fingerprint density at radius 1 is 0.458 bits per heavy atom. The summed E-state index contributed by atoms with van der Waals surface area (Å²) in [6.07, 6.45) is 28.9. The van der Waals surface area contributed by atoms with Gasteiger partial charge in [-0.05, 0) is 187 Å². The number of carbonyl (C=O) groups is 2. The molecule has 0 aliphatic heterocycles. The van der Waals surface area contributed by atoms with Crippen LogP contribution in [-0.2, 0) is 22.4 Å². The third-order valence-electron chi connectivity index (χ3n) is 18.4. The predicted octanol–water partition coefficient (Wildman–Crippen LogP) is 23.1. The van der Waals surface area contributed by atoms with Crippen LogP contribution in [0.1, 0.15) is 205 Å². The molecular weight excluding hydrogens is 1260 g/mol. The van der Waals surface area contributed by atoms with Crippen molar-refractivity contribution in [2.24, 2.45) is 0 Å². The summed E-state index contributed by atoms with van der Waals surface area (Å²) in [6, 6.07) is 43.0. The van der Waals surface area contributed by atoms with E-state index in [1.165, 1.54) is 201 Å². The van der Waals surface area contributed by atoms with Gasteiger partial charge in [0.25, 0.3) is 0 Å². The molecule has 0 aliphatic carbocycles. The highest BCUT2D eigenvalue weighted by molar-refractivity contribution is 7.30. The third kappa shape index (κ3) is 19.4. The summed E-state index contributed by atoms with van der Waals surface area (Å²) < 4.78 is 12.6. The number of rotatable bonds is 39. The van der Waals surface area contributed by atoms with Crippen molar-refractivity contribution in [1.29, 1.82) is 0 Å². The van der Waals surface area contributed by atoms with Crippen LogP contribution < -0.4 is 30.8 Å². The molecule has 9 aromatic rings. The molecule has 0 fully saturated rings. The lowest BCUT2D eigenvalue weighted by molar-refractivity contribution is -0.140. The van der Waals surface area contributed by atoms with E-state index in [4.69, 9.17) is 14.5 Å². The van der Waals surface area contributed by atoms with Gasteiger partial charge in [0.1, 0.15) is 22.1 Å². The van der Waals surface area contributed by atoms with Gasteiger partial charge >= 0.3 is 11.9 Å². The average molecular weight is 1360 g/mol. The molecule has 506 valence electrons. The zero-order chi connectivity index (χ0) is 68.1. The van der Waals surface area contributed by atoms with Crippen molar-refractivity contribution >= 4 is 104 Å². The number of aliphatic carboxylic acids is 2. The van der Waals surface area contributed by atoms with Crippen LogP contribution >= 0.6 is 45.3 Å². The Morgan fingerprint density at radius 3 is 1.32 bits per heavy atom. The number of hydrogen-bond donors (Lipinski definition) is 2. The van der Waals surface area contributed by atoms with E-state index < -0.39 is 17.5 Å². The average Bonchev–Trinajstić information content (AvgIpc) is 1.46. The maximum atomic E-state index is 12.2. The van der Waals surface area contributed by atoms with E-state index in [0.717, 1.165) is 101 Å². The summed E-state index contributed by atoms with van der Waals surface area (Å²) in [5.74, 6) is -1.19. The van der Waals surface area contributed by atoms with Crippen LogP contribution in [0, 0.1) is 41.5 Å². The molecule has 2 N–H and O–H groups in total. The van der Waals surface area contributed by atoms with Gasteiger partial charge in [0, 0.05) is 52.5 Å². The maximum Gasteiger partial charge on any atom is 0.343 e. The van der Waals surface area contributed by atoms with Crippen LogP contribution in [0.3, 0.4) is 0 Å². The fourth-order valence-electron chi connectivity index (χ4n) is 13.6. The fraction of sp³-hybridized carbons (Fsp3) is 0.410. The first-order valence-electron chi connectivity index (χ1n) is 35.6. The van der Waals surface area contributed by atoms with Gasteiger partial charge in [-0.2, -0.15) is 0 Å².